The van der Waals surface area contributed by atoms with Crippen molar-refractivity contribution >= 4 is 28.9 Å². The first kappa shape index (κ1) is 16.5. The Labute approximate surface area is 136 Å². The summed E-state index contributed by atoms with van der Waals surface area (Å²) in [5.74, 6) is -0.161. The molecule has 0 fully saturated rings. The molecular formula is C18H21N3O2. The van der Waals surface area contributed by atoms with Gasteiger partial charge in [-0.2, -0.15) is 0 Å². The van der Waals surface area contributed by atoms with E-state index in [0.29, 0.717) is 6.42 Å². The van der Waals surface area contributed by atoms with E-state index >= 15 is 0 Å². The lowest BCUT2D eigenvalue weighted by molar-refractivity contribution is -0.116. The molecule has 0 aliphatic heterocycles. The highest BCUT2D eigenvalue weighted by Gasteiger charge is 2.08. The number of rotatable bonds is 6. The molecule has 120 valence electrons. The predicted molar refractivity (Wildman–Crippen MR) is 93.7 cm³/mol. The molecule has 0 spiro atoms. The van der Waals surface area contributed by atoms with Crippen LogP contribution < -0.4 is 16.0 Å². The molecule has 0 aliphatic rings. The maximum Gasteiger partial charge on any atom is 0.243 e. The van der Waals surface area contributed by atoms with Crippen LogP contribution in [0.3, 0.4) is 0 Å². The topological polar surface area (TPSA) is 70.2 Å². The standard InChI is InChI=1S/C18H21N3O2/c1-3-17(22)21-16-11-7-10-15(13(16)2)19-12-18(23)20-14-8-5-4-6-9-14/h4-11,19H,3,12H2,1-2H3,(H,20,23)(H,21,22). The number of hydrogen-bond donors (Lipinski definition) is 3. The number of para-hydroxylation sites is 1. The number of hydrogen-bond acceptors (Lipinski definition) is 3. The summed E-state index contributed by atoms with van der Waals surface area (Å²) < 4.78 is 0. The van der Waals surface area contributed by atoms with E-state index < -0.39 is 0 Å². The van der Waals surface area contributed by atoms with E-state index in [-0.39, 0.29) is 18.4 Å². The highest BCUT2D eigenvalue weighted by Crippen LogP contribution is 2.23. The van der Waals surface area contributed by atoms with Crippen LogP contribution in [-0.4, -0.2) is 18.4 Å². The van der Waals surface area contributed by atoms with Crippen molar-refractivity contribution in [1.29, 1.82) is 0 Å². The maximum atomic E-state index is 12.0. The third-order valence-corrected chi connectivity index (χ3v) is 3.43. The van der Waals surface area contributed by atoms with E-state index in [1.807, 2.05) is 55.5 Å². The van der Waals surface area contributed by atoms with E-state index in [0.717, 1.165) is 22.6 Å². The van der Waals surface area contributed by atoms with Crippen LogP contribution in [0.4, 0.5) is 17.1 Å². The fourth-order valence-electron chi connectivity index (χ4n) is 2.10. The molecule has 0 saturated heterocycles. The zero-order chi connectivity index (χ0) is 16.7. The first-order valence-corrected chi connectivity index (χ1v) is 7.58. The number of nitrogens with one attached hydrogen (secondary N) is 3. The van der Waals surface area contributed by atoms with E-state index in [1.165, 1.54) is 0 Å². The lowest BCUT2D eigenvalue weighted by Crippen LogP contribution is -2.22. The van der Waals surface area contributed by atoms with Crippen LogP contribution in [0.1, 0.15) is 18.9 Å². The molecule has 2 aromatic rings. The van der Waals surface area contributed by atoms with Crippen LogP contribution in [0.15, 0.2) is 48.5 Å². The summed E-state index contributed by atoms with van der Waals surface area (Å²) in [6.45, 7) is 3.87. The summed E-state index contributed by atoms with van der Waals surface area (Å²) in [5, 5.41) is 8.77. The molecule has 23 heavy (non-hydrogen) atoms. The molecule has 3 N–H and O–H groups in total. The van der Waals surface area contributed by atoms with Crippen molar-refractivity contribution in [1.82, 2.24) is 0 Å². The van der Waals surface area contributed by atoms with Gasteiger partial charge in [0.2, 0.25) is 11.8 Å². The minimum atomic E-state index is -0.126. The van der Waals surface area contributed by atoms with Crippen molar-refractivity contribution in [3.8, 4) is 0 Å². The summed E-state index contributed by atoms with van der Waals surface area (Å²) >= 11 is 0. The molecule has 0 saturated carbocycles. The van der Waals surface area contributed by atoms with Crippen molar-refractivity contribution in [2.45, 2.75) is 20.3 Å². The molecule has 0 aromatic heterocycles. The number of benzene rings is 2. The minimum Gasteiger partial charge on any atom is -0.376 e. The Balaban J connectivity index is 1.96. The molecule has 0 atom stereocenters. The molecule has 0 aliphatic carbocycles. The zero-order valence-corrected chi connectivity index (χ0v) is 13.3. The molecule has 2 aromatic carbocycles. The zero-order valence-electron chi connectivity index (χ0n) is 13.3. The van der Waals surface area contributed by atoms with Gasteiger partial charge in [-0.15, -0.1) is 0 Å². The smallest absolute Gasteiger partial charge is 0.243 e. The second-order valence-electron chi connectivity index (χ2n) is 5.15. The molecule has 0 bridgehead atoms. The molecule has 2 rings (SSSR count). The van der Waals surface area contributed by atoms with Gasteiger partial charge in [-0.1, -0.05) is 31.2 Å². The van der Waals surface area contributed by atoms with Crippen LogP contribution in [0.5, 0.6) is 0 Å². The lowest BCUT2D eigenvalue weighted by atomic mass is 10.1. The first-order chi connectivity index (χ1) is 11.1. The number of anilines is 3. The van der Waals surface area contributed by atoms with Gasteiger partial charge in [0.15, 0.2) is 0 Å². The van der Waals surface area contributed by atoms with E-state index in [2.05, 4.69) is 16.0 Å². The third-order valence-electron chi connectivity index (χ3n) is 3.43. The first-order valence-electron chi connectivity index (χ1n) is 7.58. The van der Waals surface area contributed by atoms with Gasteiger partial charge in [0, 0.05) is 23.5 Å². The SMILES string of the molecule is CCC(=O)Nc1cccc(NCC(=O)Nc2ccccc2)c1C. The minimum absolute atomic E-state index is 0.0351. The lowest BCUT2D eigenvalue weighted by Gasteiger charge is -2.14. The summed E-state index contributed by atoms with van der Waals surface area (Å²) in [7, 11) is 0. The predicted octanol–water partition coefficient (Wildman–Crippen LogP) is 3.39. The monoisotopic (exact) mass is 311 g/mol. The Morgan fingerprint density at radius 2 is 1.57 bits per heavy atom. The Kier molecular flexibility index (Phi) is 5.74. The number of amides is 2. The molecule has 0 unspecified atom stereocenters. The summed E-state index contributed by atoms with van der Waals surface area (Å²) in [5.41, 5.74) is 3.24. The highest BCUT2D eigenvalue weighted by molar-refractivity contribution is 5.95. The second kappa shape index (κ2) is 7.98. The Morgan fingerprint density at radius 1 is 0.870 bits per heavy atom. The van der Waals surface area contributed by atoms with Gasteiger partial charge in [-0.05, 0) is 36.8 Å². The molecule has 5 nitrogen and oxygen atoms in total. The normalized spacial score (nSPS) is 10.0. The average Bonchev–Trinajstić information content (AvgIpc) is 2.56. The summed E-state index contributed by atoms with van der Waals surface area (Å²) in [4.78, 5) is 23.5. The van der Waals surface area contributed by atoms with E-state index in [9.17, 15) is 9.59 Å². The van der Waals surface area contributed by atoms with E-state index in [4.69, 9.17) is 0 Å². The van der Waals surface area contributed by atoms with E-state index in [1.54, 1.807) is 6.92 Å². The fraction of sp³-hybridized carbons (Fsp3) is 0.222. The van der Waals surface area contributed by atoms with Crippen LogP contribution in [0.2, 0.25) is 0 Å². The molecule has 2 amide bonds. The van der Waals surface area contributed by atoms with Crippen molar-refractivity contribution in [3.63, 3.8) is 0 Å². The fourth-order valence-corrected chi connectivity index (χ4v) is 2.10. The van der Waals surface area contributed by atoms with Crippen LogP contribution in [-0.2, 0) is 9.59 Å². The van der Waals surface area contributed by atoms with Gasteiger partial charge in [-0.3, -0.25) is 9.59 Å². The van der Waals surface area contributed by atoms with Gasteiger partial charge in [0.05, 0.1) is 6.54 Å². The molecule has 0 radical (unpaired) electrons. The Morgan fingerprint density at radius 3 is 2.26 bits per heavy atom. The third kappa shape index (κ3) is 4.85. The maximum absolute atomic E-state index is 12.0. The highest BCUT2D eigenvalue weighted by atomic mass is 16.2. The Bertz CT molecular complexity index is 684. The molecule has 5 heteroatoms. The molecular weight excluding hydrogens is 290 g/mol. The van der Waals surface area contributed by atoms with Crippen LogP contribution in [0.25, 0.3) is 0 Å². The van der Waals surface area contributed by atoms with Gasteiger partial charge >= 0.3 is 0 Å². The quantitative estimate of drug-likeness (QED) is 0.766. The van der Waals surface area contributed by atoms with Crippen molar-refractivity contribution in [2.24, 2.45) is 0 Å². The van der Waals surface area contributed by atoms with Gasteiger partial charge in [0.25, 0.3) is 0 Å². The second-order valence-corrected chi connectivity index (χ2v) is 5.15. The van der Waals surface area contributed by atoms with Gasteiger partial charge in [0.1, 0.15) is 0 Å². The van der Waals surface area contributed by atoms with Crippen molar-refractivity contribution in [3.05, 3.63) is 54.1 Å². The van der Waals surface area contributed by atoms with Crippen LogP contribution in [0, 0.1) is 6.92 Å². The van der Waals surface area contributed by atoms with Crippen LogP contribution >= 0.6 is 0 Å². The molecule has 0 heterocycles. The van der Waals surface area contributed by atoms with Gasteiger partial charge < -0.3 is 16.0 Å². The summed E-state index contributed by atoms with van der Waals surface area (Å²) in [6.07, 6.45) is 0.427. The number of carbonyl (C=O) groups is 2. The van der Waals surface area contributed by atoms with Crippen molar-refractivity contribution < 1.29 is 9.59 Å². The number of carbonyl (C=O) groups excluding carboxylic acids is 2. The Hall–Kier alpha value is -2.82. The summed E-state index contributed by atoms with van der Waals surface area (Å²) in [6, 6.07) is 14.9. The average molecular weight is 311 g/mol. The van der Waals surface area contributed by atoms with Crippen molar-refractivity contribution in [2.75, 3.05) is 22.5 Å². The largest absolute Gasteiger partial charge is 0.376 e. The van der Waals surface area contributed by atoms with Gasteiger partial charge in [-0.25, -0.2) is 0 Å².